The molecule has 134 valence electrons. The van der Waals surface area contributed by atoms with Crippen molar-refractivity contribution >= 4 is 40.3 Å². The second kappa shape index (κ2) is 7.37. The molecule has 1 aliphatic rings. The standard InChI is InChI=1S/C21H18N4O2/c26-20(12-11-17-13-22-18-3-1-2-4-19(18)23-17)24-15-7-9-16(10-8-15)25-21(27)14-5-6-14/h1-4,7-14H,5-6H2,(H,24,26)(H,25,27)/b12-11+. The van der Waals surface area contributed by atoms with Gasteiger partial charge in [-0.2, -0.15) is 0 Å². The Labute approximate surface area is 156 Å². The minimum atomic E-state index is -0.264. The third-order valence-electron chi connectivity index (χ3n) is 4.24. The van der Waals surface area contributed by atoms with Gasteiger partial charge in [0.15, 0.2) is 0 Å². The molecule has 1 fully saturated rings. The number of fused-ring (bicyclic) bond motifs is 1. The highest BCUT2D eigenvalue weighted by molar-refractivity contribution is 6.02. The molecule has 4 rings (SSSR count). The zero-order valence-electron chi connectivity index (χ0n) is 14.6. The van der Waals surface area contributed by atoms with Crippen molar-refractivity contribution in [2.75, 3.05) is 10.6 Å². The van der Waals surface area contributed by atoms with Crippen LogP contribution >= 0.6 is 0 Å². The third kappa shape index (κ3) is 4.36. The van der Waals surface area contributed by atoms with Crippen molar-refractivity contribution in [1.29, 1.82) is 0 Å². The van der Waals surface area contributed by atoms with E-state index >= 15 is 0 Å². The van der Waals surface area contributed by atoms with Crippen LogP contribution in [0.25, 0.3) is 17.1 Å². The van der Waals surface area contributed by atoms with Crippen molar-refractivity contribution in [2.45, 2.75) is 12.8 Å². The molecule has 0 aliphatic heterocycles. The summed E-state index contributed by atoms with van der Waals surface area (Å²) in [5.41, 5.74) is 3.59. The fourth-order valence-electron chi connectivity index (χ4n) is 2.62. The summed E-state index contributed by atoms with van der Waals surface area (Å²) in [6, 6.07) is 14.6. The van der Waals surface area contributed by atoms with Gasteiger partial charge in [-0.05, 0) is 55.3 Å². The van der Waals surface area contributed by atoms with Gasteiger partial charge in [0.25, 0.3) is 0 Å². The molecule has 3 aromatic rings. The molecule has 1 heterocycles. The van der Waals surface area contributed by atoms with E-state index in [4.69, 9.17) is 0 Å². The van der Waals surface area contributed by atoms with E-state index in [0.29, 0.717) is 11.4 Å². The lowest BCUT2D eigenvalue weighted by atomic mass is 10.2. The Hall–Kier alpha value is -3.54. The lowest BCUT2D eigenvalue weighted by Crippen LogP contribution is -2.13. The number of anilines is 2. The zero-order chi connectivity index (χ0) is 18.6. The summed E-state index contributed by atoms with van der Waals surface area (Å²) in [7, 11) is 0. The number of carbonyl (C=O) groups is 2. The van der Waals surface area contributed by atoms with E-state index in [2.05, 4.69) is 20.6 Å². The number of rotatable bonds is 5. The quantitative estimate of drug-likeness (QED) is 0.682. The van der Waals surface area contributed by atoms with Crippen LogP contribution in [0.15, 0.2) is 60.8 Å². The fourth-order valence-corrected chi connectivity index (χ4v) is 2.62. The monoisotopic (exact) mass is 358 g/mol. The molecule has 1 saturated carbocycles. The van der Waals surface area contributed by atoms with Crippen molar-refractivity contribution in [2.24, 2.45) is 5.92 Å². The van der Waals surface area contributed by atoms with Crippen molar-refractivity contribution in [1.82, 2.24) is 9.97 Å². The van der Waals surface area contributed by atoms with Crippen LogP contribution in [0.4, 0.5) is 11.4 Å². The van der Waals surface area contributed by atoms with Crippen molar-refractivity contribution in [3.8, 4) is 0 Å². The summed E-state index contributed by atoms with van der Waals surface area (Å²) in [5.74, 6) is -0.0429. The number of nitrogens with one attached hydrogen (secondary N) is 2. The first-order chi connectivity index (χ1) is 13.2. The predicted octanol–water partition coefficient (Wildman–Crippen LogP) is 3.63. The van der Waals surface area contributed by atoms with Crippen molar-refractivity contribution < 1.29 is 9.59 Å². The van der Waals surface area contributed by atoms with Gasteiger partial charge in [-0.1, -0.05) is 12.1 Å². The molecule has 6 heteroatoms. The van der Waals surface area contributed by atoms with Crippen molar-refractivity contribution in [3.05, 3.63) is 66.5 Å². The summed E-state index contributed by atoms with van der Waals surface area (Å²) >= 11 is 0. The van der Waals surface area contributed by atoms with Gasteiger partial charge in [-0.15, -0.1) is 0 Å². The first-order valence-corrected chi connectivity index (χ1v) is 8.79. The van der Waals surface area contributed by atoms with Gasteiger partial charge in [0.05, 0.1) is 22.9 Å². The average Bonchev–Trinajstić information content (AvgIpc) is 3.53. The van der Waals surface area contributed by atoms with Gasteiger partial charge < -0.3 is 10.6 Å². The molecule has 0 atom stereocenters. The number of amides is 2. The normalized spacial score (nSPS) is 13.6. The second-order valence-corrected chi connectivity index (χ2v) is 6.45. The second-order valence-electron chi connectivity index (χ2n) is 6.45. The molecule has 2 amide bonds. The maximum Gasteiger partial charge on any atom is 0.248 e. The van der Waals surface area contributed by atoms with Gasteiger partial charge in [0, 0.05) is 23.4 Å². The molecule has 1 aromatic heterocycles. The van der Waals surface area contributed by atoms with Gasteiger partial charge in [0.1, 0.15) is 0 Å². The van der Waals surface area contributed by atoms with Gasteiger partial charge >= 0.3 is 0 Å². The molecular formula is C21H18N4O2. The van der Waals surface area contributed by atoms with Gasteiger partial charge in [0.2, 0.25) is 11.8 Å². The predicted molar refractivity (Wildman–Crippen MR) is 105 cm³/mol. The van der Waals surface area contributed by atoms with Crippen LogP contribution in [-0.4, -0.2) is 21.8 Å². The van der Waals surface area contributed by atoms with E-state index in [9.17, 15) is 9.59 Å². The lowest BCUT2D eigenvalue weighted by Gasteiger charge is -2.06. The minimum Gasteiger partial charge on any atom is -0.326 e. The number of carbonyl (C=O) groups excluding carboxylic acids is 2. The summed E-state index contributed by atoms with van der Waals surface area (Å²) in [5, 5.41) is 5.64. The molecule has 6 nitrogen and oxygen atoms in total. The first kappa shape index (κ1) is 16.9. The number of para-hydroxylation sites is 2. The molecule has 1 aliphatic carbocycles. The fraction of sp³-hybridized carbons (Fsp3) is 0.143. The van der Waals surface area contributed by atoms with E-state index in [1.54, 1.807) is 36.5 Å². The van der Waals surface area contributed by atoms with E-state index in [1.165, 1.54) is 6.08 Å². The summed E-state index contributed by atoms with van der Waals surface area (Å²) in [6.45, 7) is 0. The highest BCUT2D eigenvalue weighted by atomic mass is 16.2. The Kier molecular flexibility index (Phi) is 4.61. The van der Waals surface area contributed by atoms with E-state index in [0.717, 1.165) is 29.6 Å². The van der Waals surface area contributed by atoms with E-state index in [1.807, 2.05) is 24.3 Å². The minimum absolute atomic E-state index is 0.0613. The molecular weight excluding hydrogens is 340 g/mol. The average molecular weight is 358 g/mol. The summed E-state index contributed by atoms with van der Waals surface area (Å²) in [6.07, 6.45) is 6.60. The Morgan fingerprint density at radius 2 is 1.59 bits per heavy atom. The van der Waals surface area contributed by atoms with Crippen LogP contribution in [-0.2, 0) is 9.59 Å². The number of benzene rings is 2. The Morgan fingerprint density at radius 1 is 0.926 bits per heavy atom. The molecule has 2 N–H and O–H groups in total. The first-order valence-electron chi connectivity index (χ1n) is 8.79. The van der Waals surface area contributed by atoms with Crippen LogP contribution in [0.2, 0.25) is 0 Å². The topological polar surface area (TPSA) is 84.0 Å². The van der Waals surface area contributed by atoms with Crippen LogP contribution in [0.3, 0.4) is 0 Å². The molecule has 0 radical (unpaired) electrons. The number of hydrogen-bond donors (Lipinski definition) is 2. The third-order valence-corrected chi connectivity index (χ3v) is 4.24. The Morgan fingerprint density at radius 3 is 2.30 bits per heavy atom. The van der Waals surface area contributed by atoms with Crippen LogP contribution in [0.5, 0.6) is 0 Å². The number of aromatic nitrogens is 2. The molecule has 27 heavy (non-hydrogen) atoms. The van der Waals surface area contributed by atoms with Gasteiger partial charge in [-0.25, -0.2) is 4.98 Å². The Balaban J connectivity index is 1.36. The van der Waals surface area contributed by atoms with E-state index < -0.39 is 0 Å². The molecule has 0 unspecified atom stereocenters. The van der Waals surface area contributed by atoms with Gasteiger partial charge in [-0.3, -0.25) is 14.6 Å². The highest BCUT2D eigenvalue weighted by Crippen LogP contribution is 2.30. The van der Waals surface area contributed by atoms with Crippen LogP contribution in [0.1, 0.15) is 18.5 Å². The SMILES string of the molecule is O=C(/C=C/c1cnc2ccccc2n1)Nc1ccc(NC(=O)C2CC2)cc1. The molecule has 2 aromatic carbocycles. The van der Waals surface area contributed by atoms with Crippen LogP contribution in [0, 0.1) is 5.92 Å². The summed E-state index contributed by atoms with van der Waals surface area (Å²) in [4.78, 5) is 32.6. The summed E-state index contributed by atoms with van der Waals surface area (Å²) < 4.78 is 0. The maximum absolute atomic E-state index is 12.1. The lowest BCUT2D eigenvalue weighted by molar-refractivity contribution is -0.117. The molecule has 0 saturated heterocycles. The van der Waals surface area contributed by atoms with Crippen LogP contribution < -0.4 is 10.6 Å². The number of hydrogen-bond acceptors (Lipinski definition) is 4. The maximum atomic E-state index is 12.1. The zero-order valence-corrected chi connectivity index (χ0v) is 14.6. The van der Waals surface area contributed by atoms with E-state index in [-0.39, 0.29) is 17.7 Å². The van der Waals surface area contributed by atoms with Crippen molar-refractivity contribution in [3.63, 3.8) is 0 Å². The molecule has 0 spiro atoms. The highest BCUT2D eigenvalue weighted by Gasteiger charge is 2.29. The molecule has 0 bridgehead atoms. The largest absolute Gasteiger partial charge is 0.326 e. The Bertz CT molecular complexity index is 1020. The smallest absolute Gasteiger partial charge is 0.248 e. The number of nitrogens with zero attached hydrogens (tertiary/aromatic N) is 2.